The number of aromatic amines is 1. The van der Waals surface area contributed by atoms with E-state index in [1.165, 1.54) is 0 Å². The first-order valence-corrected chi connectivity index (χ1v) is 6.09. The van der Waals surface area contributed by atoms with E-state index in [4.69, 9.17) is 11.6 Å². The standard InChI is InChI=1S/C11H8BrClN2O2/c12-7-4-2-1-3-6(7)9-10(16)14-8(5-13)15-11(9)17/h1-4H,5H2,(H2,14,15,16,17). The quantitative estimate of drug-likeness (QED) is 0.837. The number of H-pyrrole nitrogens is 1. The number of hydrogen-bond donors (Lipinski definition) is 2. The number of aromatic nitrogens is 2. The molecule has 1 heterocycles. The summed E-state index contributed by atoms with van der Waals surface area (Å²) in [5.74, 6) is -0.0414. The molecular weight excluding hydrogens is 307 g/mol. The van der Waals surface area contributed by atoms with Crippen LogP contribution in [-0.4, -0.2) is 15.1 Å². The van der Waals surface area contributed by atoms with Gasteiger partial charge in [-0.2, -0.15) is 4.98 Å². The summed E-state index contributed by atoms with van der Waals surface area (Å²) in [6, 6.07) is 7.09. The number of nitrogens with one attached hydrogen (secondary N) is 1. The van der Waals surface area contributed by atoms with E-state index in [0.717, 1.165) is 0 Å². The van der Waals surface area contributed by atoms with Crippen molar-refractivity contribution >= 4 is 27.5 Å². The van der Waals surface area contributed by atoms with E-state index in [1.54, 1.807) is 18.2 Å². The van der Waals surface area contributed by atoms with Crippen LogP contribution in [0.3, 0.4) is 0 Å². The van der Waals surface area contributed by atoms with Crippen LogP contribution < -0.4 is 5.56 Å². The number of rotatable bonds is 2. The van der Waals surface area contributed by atoms with Gasteiger partial charge in [-0.1, -0.05) is 34.1 Å². The van der Waals surface area contributed by atoms with Gasteiger partial charge < -0.3 is 10.1 Å². The smallest absolute Gasteiger partial charge is 0.262 e. The zero-order chi connectivity index (χ0) is 12.4. The molecule has 0 bridgehead atoms. The molecule has 0 aliphatic rings. The fourth-order valence-corrected chi connectivity index (χ4v) is 2.09. The fraction of sp³-hybridized carbons (Fsp3) is 0.0909. The third-order valence-corrected chi connectivity index (χ3v) is 3.16. The molecule has 4 nitrogen and oxygen atoms in total. The van der Waals surface area contributed by atoms with E-state index in [2.05, 4.69) is 25.9 Å². The number of hydrogen-bond acceptors (Lipinski definition) is 3. The van der Waals surface area contributed by atoms with Crippen LogP contribution in [0.4, 0.5) is 0 Å². The van der Waals surface area contributed by atoms with Gasteiger partial charge in [-0.25, -0.2) is 0 Å². The first kappa shape index (κ1) is 12.1. The second-order valence-corrected chi connectivity index (χ2v) is 4.45. The van der Waals surface area contributed by atoms with Gasteiger partial charge in [0.05, 0.1) is 5.88 Å². The summed E-state index contributed by atoms with van der Waals surface area (Å²) < 4.78 is 0.709. The van der Waals surface area contributed by atoms with E-state index < -0.39 is 5.56 Å². The van der Waals surface area contributed by atoms with Gasteiger partial charge >= 0.3 is 0 Å². The zero-order valence-electron chi connectivity index (χ0n) is 8.58. The maximum Gasteiger partial charge on any atom is 0.262 e. The molecule has 2 aromatic rings. The molecule has 0 aliphatic heterocycles. The van der Waals surface area contributed by atoms with E-state index in [-0.39, 0.29) is 23.1 Å². The number of alkyl halides is 1. The van der Waals surface area contributed by atoms with Crippen molar-refractivity contribution in [3.8, 4) is 17.0 Å². The van der Waals surface area contributed by atoms with Crippen LogP contribution in [0.25, 0.3) is 11.1 Å². The molecule has 0 aliphatic carbocycles. The Labute approximate surface area is 110 Å². The van der Waals surface area contributed by atoms with Crippen molar-refractivity contribution in [2.24, 2.45) is 0 Å². The van der Waals surface area contributed by atoms with Crippen molar-refractivity contribution < 1.29 is 5.11 Å². The molecular formula is C11H8BrClN2O2. The average Bonchev–Trinajstić information content (AvgIpc) is 2.30. The minimum absolute atomic E-state index is 0.0407. The van der Waals surface area contributed by atoms with Gasteiger partial charge in [0, 0.05) is 10.0 Å². The highest BCUT2D eigenvalue weighted by atomic mass is 79.9. The lowest BCUT2D eigenvalue weighted by atomic mass is 10.1. The molecule has 17 heavy (non-hydrogen) atoms. The third-order valence-electron chi connectivity index (χ3n) is 2.22. The summed E-state index contributed by atoms with van der Waals surface area (Å²) >= 11 is 8.87. The van der Waals surface area contributed by atoms with Crippen molar-refractivity contribution in [2.45, 2.75) is 5.88 Å². The largest absolute Gasteiger partial charge is 0.493 e. The van der Waals surface area contributed by atoms with Crippen LogP contribution in [0, 0.1) is 0 Å². The highest BCUT2D eigenvalue weighted by molar-refractivity contribution is 9.10. The molecule has 1 aromatic heterocycles. The molecule has 0 saturated carbocycles. The number of benzene rings is 1. The Hall–Kier alpha value is -1.33. The second-order valence-electron chi connectivity index (χ2n) is 3.32. The molecule has 0 fully saturated rings. The number of nitrogens with zero attached hydrogens (tertiary/aromatic N) is 1. The van der Waals surface area contributed by atoms with E-state index in [9.17, 15) is 9.90 Å². The summed E-state index contributed by atoms with van der Waals surface area (Å²) in [7, 11) is 0. The Bertz CT molecular complexity index is 613. The second kappa shape index (κ2) is 4.89. The van der Waals surface area contributed by atoms with Gasteiger partial charge in [0.25, 0.3) is 5.56 Å². The molecule has 2 N–H and O–H groups in total. The first-order valence-electron chi connectivity index (χ1n) is 4.76. The Morgan fingerprint density at radius 1 is 1.41 bits per heavy atom. The van der Waals surface area contributed by atoms with Gasteiger partial charge in [0.1, 0.15) is 11.4 Å². The van der Waals surface area contributed by atoms with Crippen LogP contribution in [0.1, 0.15) is 5.82 Å². The summed E-state index contributed by atoms with van der Waals surface area (Å²) in [6.07, 6.45) is 0. The topological polar surface area (TPSA) is 66.0 Å². The summed E-state index contributed by atoms with van der Waals surface area (Å²) in [5.41, 5.74) is 0.297. The highest BCUT2D eigenvalue weighted by Gasteiger charge is 2.14. The SMILES string of the molecule is O=c1[nH]c(CCl)nc(O)c1-c1ccccc1Br. The van der Waals surface area contributed by atoms with Crippen molar-refractivity contribution in [2.75, 3.05) is 0 Å². The summed E-state index contributed by atoms with van der Waals surface area (Å²) in [6.45, 7) is 0. The van der Waals surface area contributed by atoms with Crippen LogP contribution >= 0.6 is 27.5 Å². The summed E-state index contributed by atoms with van der Waals surface area (Å²) in [4.78, 5) is 18.2. The first-order chi connectivity index (χ1) is 8.13. The lowest BCUT2D eigenvalue weighted by Gasteiger charge is -2.06. The molecule has 0 atom stereocenters. The molecule has 6 heteroatoms. The highest BCUT2D eigenvalue weighted by Crippen LogP contribution is 2.30. The van der Waals surface area contributed by atoms with Gasteiger partial charge in [-0.05, 0) is 6.07 Å². The third kappa shape index (κ3) is 2.35. The minimum Gasteiger partial charge on any atom is -0.493 e. The van der Waals surface area contributed by atoms with Crippen LogP contribution in [0.2, 0.25) is 0 Å². The molecule has 0 radical (unpaired) electrons. The molecule has 0 amide bonds. The Kier molecular flexibility index (Phi) is 3.49. The van der Waals surface area contributed by atoms with E-state index in [1.807, 2.05) is 6.07 Å². The summed E-state index contributed by atoms with van der Waals surface area (Å²) in [5, 5.41) is 9.77. The fourth-order valence-electron chi connectivity index (χ4n) is 1.48. The molecule has 0 saturated heterocycles. The van der Waals surface area contributed by atoms with Gasteiger partial charge in [0.15, 0.2) is 0 Å². The Morgan fingerprint density at radius 3 is 2.71 bits per heavy atom. The molecule has 2 rings (SSSR count). The van der Waals surface area contributed by atoms with Crippen molar-refractivity contribution in [3.63, 3.8) is 0 Å². The van der Waals surface area contributed by atoms with Gasteiger partial charge in [0.2, 0.25) is 5.88 Å². The predicted molar refractivity (Wildman–Crippen MR) is 69.2 cm³/mol. The van der Waals surface area contributed by atoms with Crippen LogP contribution in [0.15, 0.2) is 33.5 Å². The van der Waals surface area contributed by atoms with E-state index in [0.29, 0.717) is 10.0 Å². The van der Waals surface area contributed by atoms with Gasteiger partial charge in [-0.15, -0.1) is 11.6 Å². The maximum absolute atomic E-state index is 11.8. The van der Waals surface area contributed by atoms with Crippen molar-refractivity contribution in [1.29, 1.82) is 0 Å². The maximum atomic E-state index is 11.8. The number of halogens is 2. The van der Waals surface area contributed by atoms with Crippen molar-refractivity contribution in [3.05, 3.63) is 44.9 Å². The normalized spacial score (nSPS) is 10.5. The zero-order valence-corrected chi connectivity index (χ0v) is 10.9. The Balaban J connectivity index is 2.69. The monoisotopic (exact) mass is 314 g/mol. The number of aromatic hydroxyl groups is 1. The van der Waals surface area contributed by atoms with E-state index >= 15 is 0 Å². The van der Waals surface area contributed by atoms with Crippen molar-refractivity contribution in [1.82, 2.24) is 9.97 Å². The lowest BCUT2D eigenvalue weighted by Crippen LogP contribution is -2.13. The molecule has 1 aromatic carbocycles. The lowest BCUT2D eigenvalue weighted by molar-refractivity contribution is 0.451. The van der Waals surface area contributed by atoms with Crippen LogP contribution in [0.5, 0.6) is 5.88 Å². The Morgan fingerprint density at radius 2 is 2.12 bits per heavy atom. The minimum atomic E-state index is -0.417. The average molecular weight is 316 g/mol. The molecule has 0 spiro atoms. The predicted octanol–water partition coefficient (Wildman–Crippen LogP) is 2.64. The molecule has 0 unspecified atom stereocenters. The van der Waals surface area contributed by atoms with Crippen LogP contribution in [-0.2, 0) is 5.88 Å². The van der Waals surface area contributed by atoms with Gasteiger partial charge in [-0.3, -0.25) is 4.79 Å². The molecule has 88 valence electrons.